The summed E-state index contributed by atoms with van der Waals surface area (Å²) in [4.78, 5) is 0. The number of sulfonamides is 1. The third-order valence-corrected chi connectivity index (χ3v) is 3.98. The lowest BCUT2D eigenvalue weighted by Crippen LogP contribution is -2.14. The predicted molar refractivity (Wildman–Crippen MR) is 79.4 cm³/mol. The highest BCUT2D eigenvalue weighted by Gasteiger charge is 2.17. The van der Waals surface area contributed by atoms with Crippen LogP contribution in [0.3, 0.4) is 0 Å². The first kappa shape index (κ1) is 15.4. The Morgan fingerprint density at radius 3 is 2.86 bits per heavy atom. The van der Waals surface area contributed by atoms with Gasteiger partial charge in [-0.25, -0.2) is 0 Å². The van der Waals surface area contributed by atoms with E-state index < -0.39 is 10.0 Å². The molecule has 1 aromatic carbocycles. The summed E-state index contributed by atoms with van der Waals surface area (Å²) in [5.41, 5.74) is 0.735. The summed E-state index contributed by atoms with van der Waals surface area (Å²) in [7, 11) is -3.78. The number of halogens is 1. The zero-order chi connectivity index (χ0) is 15.3. The normalized spacial score (nSPS) is 10.8. The van der Waals surface area contributed by atoms with E-state index in [1.807, 2.05) is 0 Å². The Kier molecular flexibility index (Phi) is 4.85. The number of aliphatic hydroxyl groups is 1. The van der Waals surface area contributed by atoms with Crippen molar-refractivity contribution in [1.29, 1.82) is 0 Å². The van der Waals surface area contributed by atoms with Gasteiger partial charge in [-0.2, -0.15) is 13.5 Å². The number of nitrogens with zero attached hydrogens (tertiary/aromatic N) is 1. The van der Waals surface area contributed by atoms with Crippen molar-refractivity contribution in [2.75, 3.05) is 11.3 Å². The number of hydrogen-bond acceptors (Lipinski definition) is 4. The fourth-order valence-corrected chi connectivity index (χ4v) is 2.67. The minimum atomic E-state index is -3.78. The van der Waals surface area contributed by atoms with Crippen LogP contribution in [0.2, 0.25) is 5.02 Å². The van der Waals surface area contributed by atoms with Crippen molar-refractivity contribution < 1.29 is 13.5 Å². The summed E-state index contributed by atoms with van der Waals surface area (Å²) in [5, 5.41) is 15.0. The van der Waals surface area contributed by atoms with E-state index in [4.69, 9.17) is 16.7 Å². The molecule has 0 aliphatic rings. The van der Waals surface area contributed by atoms with Crippen LogP contribution >= 0.6 is 11.6 Å². The van der Waals surface area contributed by atoms with Gasteiger partial charge in [-0.05, 0) is 24.3 Å². The maximum Gasteiger partial charge on any atom is 0.278 e. The Morgan fingerprint density at radius 1 is 1.38 bits per heavy atom. The van der Waals surface area contributed by atoms with Crippen molar-refractivity contribution in [2.45, 2.75) is 11.4 Å². The molecule has 0 fully saturated rings. The molecule has 8 heteroatoms. The highest BCUT2D eigenvalue weighted by atomic mass is 35.5. The first-order chi connectivity index (χ1) is 10.0. The smallest absolute Gasteiger partial charge is 0.278 e. The fourth-order valence-electron chi connectivity index (χ4n) is 1.52. The van der Waals surface area contributed by atoms with E-state index in [-0.39, 0.29) is 17.3 Å². The van der Waals surface area contributed by atoms with E-state index in [1.165, 1.54) is 18.3 Å². The highest BCUT2D eigenvalue weighted by Crippen LogP contribution is 2.23. The highest BCUT2D eigenvalue weighted by molar-refractivity contribution is 7.92. The van der Waals surface area contributed by atoms with Gasteiger partial charge in [0.05, 0.1) is 18.5 Å². The number of nitrogens with one attached hydrogen (secondary N) is 2. The second-order valence-corrected chi connectivity index (χ2v) is 6.08. The molecule has 0 bridgehead atoms. The molecule has 0 unspecified atom stereocenters. The maximum absolute atomic E-state index is 12.1. The molecule has 0 aliphatic heterocycles. The molecule has 0 aliphatic carbocycles. The first-order valence-electron chi connectivity index (χ1n) is 5.94. The van der Waals surface area contributed by atoms with Gasteiger partial charge < -0.3 is 5.11 Å². The van der Waals surface area contributed by atoms with Gasteiger partial charge in [-0.3, -0.25) is 9.82 Å². The number of H-pyrrole nitrogens is 1. The number of benzene rings is 1. The molecule has 0 saturated carbocycles. The van der Waals surface area contributed by atoms with Crippen LogP contribution in [-0.2, 0) is 10.0 Å². The van der Waals surface area contributed by atoms with Crippen LogP contribution in [0, 0.1) is 11.8 Å². The molecule has 21 heavy (non-hydrogen) atoms. The van der Waals surface area contributed by atoms with Crippen molar-refractivity contribution in [2.24, 2.45) is 0 Å². The second-order valence-electron chi connectivity index (χ2n) is 3.99. The lowest BCUT2D eigenvalue weighted by atomic mass is 10.2. The van der Waals surface area contributed by atoms with Gasteiger partial charge in [0.2, 0.25) is 0 Å². The molecule has 1 aromatic heterocycles. The van der Waals surface area contributed by atoms with Crippen molar-refractivity contribution in [3.8, 4) is 11.8 Å². The minimum absolute atomic E-state index is 0.0586. The zero-order valence-corrected chi connectivity index (χ0v) is 12.4. The van der Waals surface area contributed by atoms with Crippen LogP contribution in [0.25, 0.3) is 0 Å². The van der Waals surface area contributed by atoms with Gasteiger partial charge in [-0.1, -0.05) is 23.4 Å². The zero-order valence-electron chi connectivity index (χ0n) is 10.8. The molecule has 0 atom stereocenters. The SMILES string of the molecule is O=S(=O)(Nc1cc(Cl)ccc1C#CCCO)c1ccn[nH]1. The van der Waals surface area contributed by atoms with Gasteiger partial charge in [-0.15, -0.1) is 0 Å². The molecule has 2 aromatic rings. The van der Waals surface area contributed by atoms with Crippen LogP contribution in [0.15, 0.2) is 35.5 Å². The summed E-state index contributed by atoms with van der Waals surface area (Å²) < 4.78 is 26.7. The van der Waals surface area contributed by atoms with Crippen LogP contribution in [0.4, 0.5) is 5.69 Å². The Hall–Kier alpha value is -2.01. The first-order valence-corrected chi connectivity index (χ1v) is 7.80. The average Bonchev–Trinajstić information content (AvgIpc) is 2.96. The molecule has 6 nitrogen and oxygen atoms in total. The number of rotatable bonds is 4. The van der Waals surface area contributed by atoms with Gasteiger partial charge >= 0.3 is 0 Å². The minimum Gasteiger partial charge on any atom is -0.395 e. The Bertz CT molecular complexity index is 777. The maximum atomic E-state index is 12.1. The number of anilines is 1. The summed E-state index contributed by atoms with van der Waals surface area (Å²) in [5.74, 6) is 5.52. The molecular formula is C13H12ClN3O3S. The summed E-state index contributed by atoms with van der Waals surface area (Å²) in [6.07, 6.45) is 1.64. The van der Waals surface area contributed by atoms with E-state index >= 15 is 0 Å². The average molecular weight is 326 g/mol. The van der Waals surface area contributed by atoms with Gasteiger partial charge in [0.15, 0.2) is 5.03 Å². The van der Waals surface area contributed by atoms with Gasteiger partial charge in [0.1, 0.15) is 0 Å². The number of aliphatic hydroxyl groups excluding tert-OH is 1. The van der Waals surface area contributed by atoms with Crippen molar-refractivity contribution in [3.05, 3.63) is 41.0 Å². The molecule has 0 saturated heterocycles. The van der Waals surface area contributed by atoms with Gasteiger partial charge in [0, 0.05) is 17.0 Å². The summed E-state index contributed by atoms with van der Waals surface area (Å²) in [6, 6.07) is 6.03. The summed E-state index contributed by atoms with van der Waals surface area (Å²) in [6.45, 7) is -0.0597. The van der Waals surface area contributed by atoms with Crippen molar-refractivity contribution >= 4 is 27.3 Å². The van der Waals surface area contributed by atoms with Crippen molar-refractivity contribution in [1.82, 2.24) is 10.2 Å². The van der Waals surface area contributed by atoms with Crippen LogP contribution in [-0.4, -0.2) is 30.3 Å². The van der Waals surface area contributed by atoms with Crippen LogP contribution < -0.4 is 4.72 Å². The van der Waals surface area contributed by atoms with Gasteiger partial charge in [0.25, 0.3) is 10.0 Å². The third-order valence-electron chi connectivity index (χ3n) is 2.45. The number of aromatic amines is 1. The molecule has 0 radical (unpaired) electrons. The van der Waals surface area contributed by atoms with Crippen LogP contribution in [0.5, 0.6) is 0 Å². The lowest BCUT2D eigenvalue weighted by Gasteiger charge is -2.08. The quantitative estimate of drug-likeness (QED) is 0.744. The Labute approximate surface area is 127 Å². The lowest BCUT2D eigenvalue weighted by molar-refractivity contribution is 0.305. The van der Waals surface area contributed by atoms with E-state index in [1.54, 1.807) is 12.1 Å². The largest absolute Gasteiger partial charge is 0.395 e. The second kappa shape index (κ2) is 6.63. The number of hydrogen-bond donors (Lipinski definition) is 3. The molecule has 0 amide bonds. The topological polar surface area (TPSA) is 95.1 Å². The van der Waals surface area contributed by atoms with E-state index in [0.29, 0.717) is 17.0 Å². The van der Waals surface area contributed by atoms with Crippen LogP contribution in [0.1, 0.15) is 12.0 Å². The molecule has 1 heterocycles. The molecule has 110 valence electrons. The van der Waals surface area contributed by atoms with E-state index in [9.17, 15) is 8.42 Å². The Morgan fingerprint density at radius 2 is 2.19 bits per heavy atom. The molecule has 3 N–H and O–H groups in total. The number of aromatic nitrogens is 2. The van der Waals surface area contributed by atoms with Crippen molar-refractivity contribution in [3.63, 3.8) is 0 Å². The summed E-state index contributed by atoms with van der Waals surface area (Å²) >= 11 is 5.89. The Balaban J connectivity index is 2.35. The monoisotopic (exact) mass is 325 g/mol. The molecule has 2 rings (SSSR count). The standard InChI is InChI=1S/C13H12ClN3O3S/c14-11-5-4-10(3-1-2-8-18)12(9-11)17-21(19,20)13-6-7-15-16-13/h4-7,9,17-18H,2,8H2,(H,15,16). The predicted octanol–water partition coefficient (Wildman–Crippen LogP) is 1.60. The molecule has 0 spiro atoms. The molecular weight excluding hydrogens is 314 g/mol. The van der Waals surface area contributed by atoms with E-state index in [0.717, 1.165) is 0 Å². The third kappa shape index (κ3) is 3.98. The fraction of sp³-hybridized carbons (Fsp3) is 0.154. The van der Waals surface area contributed by atoms with E-state index in [2.05, 4.69) is 26.8 Å².